The summed E-state index contributed by atoms with van der Waals surface area (Å²) in [5, 5.41) is 2.87. The van der Waals surface area contributed by atoms with Gasteiger partial charge in [0.25, 0.3) is 0 Å². The predicted octanol–water partition coefficient (Wildman–Crippen LogP) is 3.75. The Kier molecular flexibility index (Phi) is 5.99. The molecule has 1 unspecified atom stereocenters. The van der Waals surface area contributed by atoms with E-state index in [0.29, 0.717) is 0 Å². The van der Waals surface area contributed by atoms with E-state index in [9.17, 15) is 0 Å². The molecule has 2 aromatic carbocycles. The van der Waals surface area contributed by atoms with Gasteiger partial charge in [-0.25, -0.2) is 0 Å². The first-order valence-corrected chi connectivity index (χ1v) is 9.18. The smallest absolute Gasteiger partial charge is 0.0455 e. The van der Waals surface area contributed by atoms with Crippen LogP contribution in [0.15, 0.2) is 48.5 Å². The molecule has 0 radical (unpaired) electrons. The Balaban J connectivity index is 2.56. The molecular weight excluding hydrogens is 287 g/mol. The van der Waals surface area contributed by atoms with Crippen molar-refractivity contribution in [3.63, 3.8) is 0 Å². The molecule has 22 heavy (non-hydrogen) atoms. The zero-order chi connectivity index (χ0) is 16.1. The lowest BCUT2D eigenvalue weighted by atomic mass is 10.2. The van der Waals surface area contributed by atoms with Crippen LogP contribution < -0.4 is 15.5 Å². The molecule has 0 spiro atoms. The van der Waals surface area contributed by atoms with Gasteiger partial charge in [0.1, 0.15) is 0 Å². The van der Waals surface area contributed by atoms with Gasteiger partial charge < -0.3 is 4.90 Å². The maximum Gasteiger partial charge on any atom is 0.0455 e. The van der Waals surface area contributed by atoms with Crippen molar-refractivity contribution >= 4 is 24.4 Å². The van der Waals surface area contributed by atoms with Crippen LogP contribution in [0.2, 0.25) is 0 Å². The highest BCUT2D eigenvalue weighted by Crippen LogP contribution is 2.40. The van der Waals surface area contributed by atoms with E-state index in [2.05, 4.69) is 93.1 Å². The highest BCUT2D eigenvalue weighted by Gasteiger charge is 2.22. The second-order valence-corrected chi connectivity index (χ2v) is 8.22. The van der Waals surface area contributed by atoms with Crippen molar-refractivity contribution in [3.8, 4) is 0 Å². The van der Waals surface area contributed by atoms with Gasteiger partial charge in [0.15, 0.2) is 0 Å². The topological polar surface area (TPSA) is 6.48 Å². The van der Waals surface area contributed by atoms with E-state index in [-0.39, 0.29) is 0 Å². The number of hydrogen-bond donors (Lipinski definition) is 0. The van der Waals surface area contributed by atoms with Crippen molar-refractivity contribution in [3.05, 3.63) is 54.1 Å². The largest absolute Gasteiger partial charge is 0.377 e. The average molecular weight is 314 g/mol. The van der Waals surface area contributed by atoms with Gasteiger partial charge in [-0.2, -0.15) is 0 Å². The van der Waals surface area contributed by atoms with Crippen molar-refractivity contribution in [1.29, 1.82) is 0 Å². The second kappa shape index (κ2) is 7.76. The van der Waals surface area contributed by atoms with Crippen LogP contribution in [0, 0.1) is 6.92 Å². The fourth-order valence-corrected chi connectivity index (χ4v) is 5.41. The number of aryl methyl sites for hydroxylation is 1. The monoisotopic (exact) mass is 314 g/mol. The van der Waals surface area contributed by atoms with Gasteiger partial charge in [-0.05, 0) is 37.8 Å². The standard InChI is InChI=1S/C19H27N2P/c1-6-14-21(5)22(17-10-8-7-9-11-17)19-15-16(2)12-13-18(19)20(3)4/h7-13,15H,6,14H2,1-5H3. The Labute approximate surface area is 136 Å². The van der Waals surface area contributed by atoms with Crippen LogP contribution >= 0.6 is 8.07 Å². The van der Waals surface area contributed by atoms with E-state index in [0.717, 1.165) is 6.54 Å². The van der Waals surface area contributed by atoms with E-state index >= 15 is 0 Å². The molecule has 2 rings (SSSR count). The molecular formula is C19H27N2P. The van der Waals surface area contributed by atoms with E-state index in [4.69, 9.17) is 0 Å². The summed E-state index contributed by atoms with van der Waals surface area (Å²) in [5.41, 5.74) is 2.65. The fraction of sp³-hybridized carbons (Fsp3) is 0.368. The molecule has 0 aliphatic heterocycles. The first kappa shape index (κ1) is 17.0. The molecule has 118 valence electrons. The van der Waals surface area contributed by atoms with Crippen LogP contribution in [0.3, 0.4) is 0 Å². The normalized spacial score (nSPS) is 12.5. The van der Waals surface area contributed by atoms with Crippen LogP contribution in [0.4, 0.5) is 5.69 Å². The lowest BCUT2D eigenvalue weighted by molar-refractivity contribution is 0.549. The Hall–Kier alpha value is -1.37. The first-order valence-electron chi connectivity index (χ1n) is 7.88. The highest BCUT2D eigenvalue weighted by atomic mass is 31.1. The maximum absolute atomic E-state index is 2.52. The molecule has 0 bridgehead atoms. The summed E-state index contributed by atoms with van der Waals surface area (Å²) in [6.07, 6.45) is 1.17. The Morgan fingerprint density at radius 3 is 2.23 bits per heavy atom. The zero-order valence-corrected chi connectivity index (χ0v) is 15.3. The second-order valence-electron chi connectivity index (χ2n) is 5.92. The molecule has 0 fully saturated rings. The van der Waals surface area contributed by atoms with Crippen LogP contribution in [-0.4, -0.2) is 32.4 Å². The lowest BCUT2D eigenvalue weighted by Gasteiger charge is -2.32. The van der Waals surface area contributed by atoms with Crippen molar-refractivity contribution in [2.24, 2.45) is 0 Å². The van der Waals surface area contributed by atoms with Crippen LogP contribution in [0.5, 0.6) is 0 Å². The zero-order valence-electron chi connectivity index (χ0n) is 14.4. The molecule has 0 N–H and O–H groups in total. The van der Waals surface area contributed by atoms with Gasteiger partial charge in [-0.1, -0.05) is 48.9 Å². The summed E-state index contributed by atoms with van der Waals surface area (Å²) >= 11 is 0. The summed E-state index contributed by atoms with van der Waals surface area (Å²) in [6, 6.07) is 17.7. The lowest BCUT2D eigenvalue weighted by Crippen LogP contribution is -2.29. The van der Waals surface area contributed by atoms with Gasteiger partial charge in [0, 0.05) is 39.7 Å². The summed E-state index contributed by atoms with van der Waals surface area (Å²) in [7, 11) is 6.02. The summed E-state index contributed by atoms with van der Waals surface area (Å²) in [6.45, 7) is 5.54. The molecule has 0 saturated carbocycles. The Morgan fingerprint density at radius 1 is 0.955 bits per heavy atom. The Morgan fingerprint density at radius 2 is 1.64 bits per heavy atom. The maximum atomic E-state index is 2.52. The highest BCUT2D eigenvalue weighted by molar-refractivity contribution is 7.71. The number of anilines is 1. The molecule has 2 nitrogen and oxygen atoms in total. The molecule has 2 aromatic rings. The Bertz CT molecular complexity index is 596. The molecule has 3 heteroatoms. The summed E-state index contributed by atoms with van der Waals surface area (Å²) in [4.78, 5) is 2.23. The molecule has 1 atom stereocenters. The molecule has 0 aliphatic rings. The molecule has 0 amide bonds. The minimum absolute atomic E-state index is 0.496. The van der Waals surface area contributed by atoms with E-state index in [1.807, 2.05) is 0 Å². The van der Waals surface area contributed by atoms with Crippen molar-refractivity contribution in [1.82, 2.24) is 4.67 Å². The van der Waals surface area contributed by atoms with Gasteiger partial charge in [-0.3, -0.25) is 4.67 Å². The molecule has 0 saturated heterocycles. The van der Waals surface area contributed by atoms with Gasteiger partial charge in [0.2, 0.25) is 0 Å². The van der Waals surface area contributed by atoms with Crippen molar-refractivity contribution in [2.75, 3.05) is 32.6 Å². The minimum atomic E-state index is -0.496. The molecule has 0 heterocycles. The average Bonchev–Trinajstić information content (AvgIpc) is 2.48. The number of benzene rings is 2. The summed E-state index contributed by atoms with van der Waals surface area (Å²) in [5.74, 6) is 0. The quantitative estimate of drug-likeness (QED) is 0.749. The van der Waals surface area contributed by atoms with E-state index in [1.165, 1.54) is 28.3 Å². The third-order valence-corrected chi connectivity index (χ3v) is 6.22. The van der Waals surface area contributed by atoms with Crippen LogP contribution in [0.1, 0.15) is 18.9 Å². The van der Waals surface area contributed by atoms with Crippen LogP contribution in [-0.2, 0) is 0 Å². The minimum Gasteiger partial charge on any atom is -0.377 e. The van der Waals surface area contributed by atoms with Gasteiger partial charge in [0.05, 0.1) is 0 Å². The first-order chi connectivity index (χ1) is 10.5. The molecule has 0 aliphatic carbocycles. The van der Waals surface area contributed by atoms with E-state index < -0.39 is 8.07 Å². The third-order valence-electron chi connectivity index (χ3n) is 3.73. The van der Waals surface area contributed by atoms with Crippen molar-refractivity contribution < 1.29 is 0 Å². The SMILES string of the molecule is CCCN(C)P(c1ccccc1)c1cc(C)ccc1N(C)C. The number of rotatable bonds is 6. The number of nitrogens with zero attached hydrogens (tertiary/aromatic N) is 2. The fourth-order valence-electron chi connectivity index (χ4n) is 2.69. The summed E-state index contributed by atoms with van der Waals surface area (Å²) < 4.78 is 2.52. The van der Waals surface area contributed by atoms with E-state index in [1.54, 1.807) is 0 Å². The van der Waals surface area contributed by atoms with Crippen molar-refractivity contribution in [2.45, 2.75) is 20.3 Å². The number of hydrogen-bond acceptors (Lipinski definition) is 2. The van der Waals surface area contributed by atoms with Gasteiger partial charge >= 0.3 is 0 Å². The molecule has 0 aromatic heterocycles. The predicted molar refractivity (Wildman–Crippen MR) is 101 cm³/mol. The van der Waals surface area contributed by atoms with Crippen LogP contribution in [0.25, 0.3) is 0 Å². The van der Waals surface area contributed by atoms with Gasteiger partial charge in [-0.15, -0.1) is 0 Å². The third kappa shape index (κ3) is 3.88.